The third kappa shape index (κ3) is 2.74. The van der Waals surface area contributed by atoms with Crippen molar-refractivity contribution in [1.82, 2.24) is 0 Å². The van der Waals surface area contributed by atoms with E-state index in [0.29, 0.717) is 11.3 Å². The molecule has 4 unspecified atom stereocenters. The fourth-order valence-corrected chi connectivity index (χ4v) is 5.66. The lowest BCUT2D eigenvalue weighted by atomic mass is 9.63. The summed E-state index contributed by atoms with van der Waals surface area (Å²) in [5.74, 6) is 2.50. The molecule has 0 nitrogen and oxygen atoms in total. The normalized spacial score (nSPS) is 42.9. The van der Waals surface area contributed by atoms with Crippen molar-refractivity contribution in [1.29, 1.82) is 0 Å². The van der Waals surface area contributed by atoms with E-state index in [-0.39, 0.29) is 0 Å². The fourth-order valence-electron chi connectivity index (χ4n) is 5.66. The molecule has 0 aromatic carbocycles. The van der Waals surface area contributed by atoms with E-state index >= 15 is 0 Å². The summed E-state index contributed by atoms with van der Waals surface area (Å²) in [6, 6.07) is 0. The van der Waals surface area contributed by atoms with Crippen molar-refractivity contribution >= 4 is 0 Å². The van der Waals surface area contributed by atoms with Crippen LogP contribution in [-0.2, 0) is 0 Å². The van der Waals surface area contributed by atoms with E-state index in [9.17, 15) is 0 Å². The van der Waals surface area contributed by atoms with Crippen molar-refractivity contribution in [2.75, 3.05) is 0 Å². The third-order valence-corrected chi connectivity index (χ3v) is 7.24. The lowest BCUT2D eigenvalue weighted by Gasteiger charge is -2.42. The van der Waals surface area contributed by atoms with E-state index < -0.39 is 0 Å². The average molecular weight is 299 g/mol. The Morgan fingerprint density at radius 1 is 1.14 bits per heavy atom. The van der Waals surface area contributed by atoms with Crippen molar-refractivity contribution in [3.63, 3.8) is 0 Å². The molecule has 3 aliphatic carbocycles. The van der Waals surface area contributed by atoms with Crippen molar-refractivity contribution in [3.05, 3.63) is 35.5 Å². The van der Waals surface area contributed by atoms with Crippen molar-refractivity contribution in [3.8, 4) is 0 Å². The van der Waals surface area contributed by atoms with Crippen LogP contribution in [0.3, 0.4) is 0 Å². The fraction of sp³-hybridized carbons (Fsp3) is 0.727. The van der Waals surface area contributed by atoms with Gasteiger partial charge in [-0.05, 0) is 85.7 Å². The zero-order valence-electron chi connectivity index (χ0n) is 15.0. The van der Waals surface area contributed by atoms with Crippen LogP contribution in [0.1, 0.15) is 78.6 Å². The summed E-state index contributed by atoms with van der Waals surface area (Å²) in [5.41, 5.74) is 5.28. The maximum Gasteiger partial charge on any atom is -0.0143 e. The molecule has 0 amide bonds. The Kier molecular flexibility index (Phi) is 4.67. The van der Waals surface area contributed by atoms with E-state index in [1.54, 1.807) is 5.57 Å². The Morgan fingerprint density at radius 3 is 2.73 bits per heavy atom. The number of rotatable bonds is 2. The summed E-state index contributed by atoms with van der Waals surface area (Å²) in [6.45, 7) is 11.7. The summed E-state index contributed by atoms with van der Waals surface area (Å²) >= 11 is 0. The zero-order valence-corrected chi connectivity index (χ0v) is 15.0. The highest BCUT2D eigenvalue weighted by Gasteiger charge is 2.48. The lowest BCUT2D eigenvalue weighted by molar-refractivity contribution is 0.133. The predicted octanol–water partition coefficient (Wildman–Crippen LogP) is 6.84. The summed E-state index contributed by atoms with van der Waals surface area (Å²) in [4.78, 5) is 0. The molecule has 0 saturated heterocycles. The van der Waals surface area contributed by atoms with Crippen molar-refractivity contribution in [2.24, 2.45) is 23.2 Å². The van der Waals surface area contributed by atoms with Crippen molar-refractivity contribution < 1.29 is 0 Å². The van der Waals surface area contributed by atoms with Gasteiger partial charge in [0.25, 0.3) is 0 Å². The predicted molar refractivity (Wildman–Crippen MR) is 96.8 cm³/mol. The molecule has 0 heterocycles. The van der Waals surface area contributed by atoms with Crippen LogP contribution in [0, 0.1) is 23.2 Å². The number of hydrogen-bond donors (Lipinski definition) is 0. The first-order valence-corrected chi connectivity index (χ1v) is 9.65. The van der Waals surface area contributed by atoms with Crippen LogP contribution in [-0.4, -0.2) is 0 Å². The second kappa shape index (κ2) is 6.38. The maximum atomic E-state index is 4.35. The molecule has 0 aromatic heterocycles. The van der Waals surface area contributed by atoms with E-state index in [1.165, 1.54) is 68.9 Å². The Morgan fingerprint density at radius 2 is 1.95 bits per heavy atom. The molecular weight excluding hydrogens is 264 g/mol. The minimum atomic E-state index is 0.591. The average Bonchev–Trinajstić information content (AvgIpc) is 2.85. The third-order valence-electron chi connectivity index (χ3n) is 7.24. The van der Waals surface area contributed by atoms with Crippen LogP contribution >= 0.6 is 0 Å². The Bertz CT molecular complexity index is 492. The highest BCUT2D eigenvalue weighted by molar-refractivity contribution is 5.36. The second-order valence-corrected chi connectivity index (χ2v) is 8.35. The summed E-state index contributed by atoms with van der Waals surface area (Å²) in [5, 5.41) is 0. The Hall–Kier alpha value is -0.780. The van der Waals surface area contributed by atoms with Gasteiger partial charge in [0.2, 0.25) is 0 Å². The molecule has 0 radical (unpaired) electrons. The quantitative estimate of drug-likeness (QED) is 0.523. The summed E-state index contributed by atoms with van der Waals surface area (Å²) < 4.78 is 0. The molecule has 0 bridgehead atoms. The first-order chi connectivity index (χ1) is 10.6. The largest absolute Gasteiger partial charge is 0.0953 e. The van der Waals surface area contributed by atoms with E-state index in [2.05, 4.69) is 39.5 Å². The van der Waals surface area contributed by atoms with Crippen LogP contribution in [0.5, 0.6) is 0 Å². The maximum absolute atomic E-state index is 4.35. The van der Waals surface area contributed by atoms with Gasteiger partial charge in [0.15, 0.2) is 0 Å². The van der Waals surface area contributed by atoms with Crippen LogP contribution < -0.4 is 0 Å². The van der Waals surface area contributed by atoms with Gasteiger partial charge in [0.05, 0.1) is 0 Å². The first-order valence-electron chi connectivity index (χ1n) is 9.65. The van der Waals surface area contributed by atoms with E-state index in [4.69, 9.17) is 0 Å². The van der Waals surface area contributed by atoms with Gasteiger partial charge < -0.3 is 0 Å². The summed E-state index contributed by atoms with van der Waals surface area (Å²) in [7, 11) is 0. The molecule has 0 heteroatoms. The number of allylic oxidation sites excluding steroid dienone is 5. The molecule has 3 aliphatic rings. The molecule has 3 rings (SSSR count). The van der Waals surface area contributed by atoms with Gasteiger partial charge in [0, 0.05) is 0 Å². The monoisotopic (exact) mass is 298 g/mol. The van der Waals surface area contributed by atoms with Crippen LogP contribution in [0.25, 0.3) is 0 Å². The van der Waals surface area contributed by atoms with Crippen LogP contribution in [0.4, 0.5) is 0 Å². The molecule has 122 valence electrons. The molecule has 0 aliphatic heterocycles. The molecule has 0 aromatic rings. The van der Waals surface area contributed by atoms with Gasteiger partial charge >= 0.3 is 0 Å². The highest BCUT2D eigenvalue weighted by atomic mass is 14.5. The van der Waals surface area contributed by atoms with Crippen molar-refractivity contribution in [2.45, 2.75) is 78.6 Å². The van der Waals surface area contributed by atoms with Gasteiger partial charge in [-0.3, -0.25) is 0 Å². The van der Waals surface area contributed by atoms with Gasteiger partial charge in [-0.2, -0.15) is 0 Å². The molecule has 22 heavy (non-hydrogen) atoms. The molecular formula is C22H34. The van der Waals surface area contributed by atoms with Gasteiger partial charge in [0.1, 0.15) is 0 Å². The smallest absolute Gasteiger partial charge is 0.0143 e. The topological polar surface area (TPSA) is 0 Å². The molecule has 3 saturated carbocycles. The second-order valence-electron chi connectivity index (χ2n) is 8.35. The van der Waals surface area contributed by atoms with Crippen LogP contribution in [0.2, 0.25) is 0 Å². The SMILES string of the molecule is C=C1/C(=C\C=C2/CCCC3(C)C(CC)CCC23)CCCC1C. The molecule has 0 N–H and O–H groups in total. The Balaban J connectivity index is 1.81. The van der Waals surface area contributed by atoms with E-state index in [1.807, 2.05) is 0 Å². The minimum Gasteiger partial charge on any atom is -0.0953 e. The molecule has 3 fully saturated rings. The molecule has 0 spiro atoms. The van der Waals surface area contributed by atoms with Gasteiger partial charge in [-0.25, -0.2) is 0 Å². The lowest BCUT2D eigenvalue weighted by Crippen LogP contribution is -2.32. The Labute approximate surface area is 137 Å². The minimum absolute atomic E-state index is 0.591. The number of hydrogen-bond acceptors (Lipinski definition) is 0. The standard InChI is InChI=1S/C22H34/c1-5-20-13-14-21-19(10-7-15-22(20,21)4)12-11-18-9-6-8-16(2)17(18)3/h11-12,16,20-21H,3,5-10,13-15H2,1-2,4H3/b18-11-,19-12+. The van der Waals surface area contributed by atoms with Gasteiger partial charge in [-0.15, -0.1) is 0 Å². The van der Waals surface area contributed by atoms with E-state index in [0.717, 1.165) is 11.8 Å². The molecule has 4 atom stereocenters. The van der Waals surface area contributed by atoms with Crippen LogP contribution in [0.15, 0.2) is 35.5 Å². The first kappa shape index (κ1) is 16.1. The highest BCUT2D eigenvalue weighted by Crippen LogP contribution is 2.58. The summed E-state index contributed by atoms with van der Waals surface area (Å²) in [6.07, 6.45) is 17.3. The van der Waals surface area contributed by atoms with Gasteiger partial charge in [-0.1, -0.05) is 51.5 Å². The zero-order chi connectivity index (χ0) is 15.7. The number of fused-ring (bicyclic) bond motifs is 1.